The van der Waals surface area contributed by atoms with Crippen LogP contribution in [0.1, 0.15) is 56.0 Å². The lowest BCUT2D eigenvalue weighted by molar-refractivity contribution is -0.130. The lowest BCUT2D eigenvalue weighted by atomic mass is 10.0. The standard InChI is InChI=1S/C17H26N2O/c1-5-7-8-15-17(20)19(6-2)16(18-15)14-10-9-12(3)11-13(14)4/h9-11,15-16,18H,5-8H2,1-4H3. The molecule has 1 aromatic rings. The Morgan fingerprint density at radius 1 is 1.25 bits per heavy atom. The highest BCUT2D eigenvalue weighted by Crippen LogP contribution is 2.29. The van der Waals surface area contributed by atoms with Gasteiger partial charge in [0.2, 0.25) is 5.91 Å². The Kier molecular flexibility index (Phi) is 4.81. The number of nitrogens with one attached hydrogen (secondary N) is 1. The third kappa shape index (κ3) is 2.88. The normalized spacial score (nSPS) is 22.6. The van der Waals surface area contributed by atoms with Crippen molar-refractivity contribution in [2.24, 2.45) is 0 Å². The van der Waals surface area contributed by atoms with Gasteiger partial charge in [0.05, 0.1) is 6.04 Å². The Morgan fingerprint density at radius 2 is 2.00 bits per heavy atom. The molecule has 20 heavy (non-hydrogen) atoms. The van der Waals surface area contributed by atoms with Crippen LogP contribution in [-0.2, 0) is 4.79 Å². The minimum Gasteiger partial charge on any atom is -0.322 e. The van der Waals surface area contributed by atoms with Crippen LogP contribution in [0.3, 0.4) is 0 Å². The first-order valence-corrected chi connectivity index (χ1v) is 7.72. The maximum absolute atomic E-state index is 12.5. The molecule has 1 aliphatic heterocycles. The Morgan fingerprint density at radius 3 is 2.60 bits per heavy atom. The number of unbranched alkanes of at least 4 members (excludes halogenated alkanes) is 1. The quantitative estimate of drug-likeness (QED) is 0.893. The molecule has 1 saturated heterocycles. The number of aryl methyl sites for hydroxylation is 2. The first-order chi connectivity index (χ1) is 9.58. The fourth-order valence-electron chi connectivity index (χ4n) is 3.02. The smallest absolute Gasteiger partial charge is 0.241 e. The molecule has 0 aliphatic carbocycles. The summed E-state index contributed by atoms with van der Waals surface area (Å²) in [6, 6.07) is 6.46. The van der Waals surface area contributed by atoms with Gasteiger partial charge >= 0.3 is 0 Å². The molecule has 0 bridgehead atoms. The first kappa shape index (κ1) is 15.0. The Balaban J connectivity index is 2.24. The van der Waals surface area contributed by atoms with Gasteiger partial charge in [-0.2, -0.15) is 0 Å². The van der Waals surface area contributed by atoms with E-state index in [-0.39, 0.29) is 18.1 Å². The van der Waals surface area contributed by atoms with Crippen LogP contribution in [0.25, 0.3) is 0 Å². The highest BCUT2D eigenvalue weighted by Gasteiger charge is 2.38. The predicted octanol–water partition coefficient (Wildman–Crippen LogP) is 3.31. The zero-order valence-electron chi connectivity index (χ0n) is 13.1. The molecule has 1 heterocycles. The summed E-state index contributed by atoms with van der Waals surface area (Å²) in [6.07, 6.45) is 3.20. The van der Waals surface area contributed by atoms with E-state index >= 15 is 0 Å². The topological polar surface area (TPSA) is 32.3 Å². The lowest BCUT2D eigenvalue weighted by Crippen LogP contribution is -2.31. The van der Waals surface area contributed by atoms with Crippen molar-refractivity contribution in [3.63, 3.8) is 0 Å². The van der Waals surface area contributed by atoms with Crippen LogP contribution in [0.2, 0.25) is 0 Å². The van der Waals surface area contributed by atoms with Gasteiger partial charge in [-0.15, -0.1) is 0 Å². The SMILES string of the molecule is CCCCC1NC(c2ccc(C)cc2C)N(CC)C1=O. The zero-order chi connectivity index (χ0) is 14.7. The van der Waals surface area contributed by atoms with Crippen LogP contribution < -0.4 is 5.32 Å². The van der Waals surface area contributed by atoms with Crippen LogP contribution in [0.5, 0.6) is 0 Å². The second-order valence-electron chi connectivity index (χ2n) is 5.75. The molecule has 1 fully saturated rings. The second-order valence-corrected chi connectivity index (χ2v) is 5.75. The summed E-state index contributed by atoms with van der Waals surface area (Å²) < 4.78 is 0. The van der Waals surface area contributed by atoms with E-state index in [2.05, 4.69) is 51.2 Å². The maximum Gasteiger partial charge on any atom is 0.241 e. The van der Waals surface area contributed by atoms with Gasteiger partial charge in [0.15, 0.2) is 0 Å². The third-order valence-corrected chi connectivity index (χ3v) is 4.16. The number of nitrogens with zero attached hydrogens (tertiary/aromatic N) is 1. The van der Waals surface area contributed by atoms with Crippen LogP contribution in [0.15, 0.2) is 18.2 Å². The van der Waals surface area contributed by atoms with Gasteiger partial charge in [0, 0.05) is 6.54 Å². The van der Waals surface area contributed by atoms with Crippen molar-refractivity contribution in [2.45, 2.75) is 59.2 Å². The van der Waals surface area contributed by atoms with Gasteiger partial charge in [-0.25, -0.2) is 0 Å². The molecule has 3 heteroatoms. The van der Waals surface area contributed by atoms with Gasteiger partial charge in [0.25, 0.3) is 0 Å². The summed E-state index contributed by atoms with van der Waals surface area (Å²) in [5.41, 5.74) is 3.75. The molecule has 0 aromatic heterocycles. The molecule has 1 amide bonds. The van der Waals surface area contributed by atoms with E-state index in [4.69, 9.17) is 0 Å². The molecule has 1 aliphatic rings. The molecule has 0 saturated carbocycles. The number of likely N-dealkylation sites (N-methyl/N-ethyl adjacent to an activating group) is 1. The van der Waals surface area contributed by atoms with Crippen molar-refractivity contribution in [1.82, 2.24) is 10.2 Å². The fraction of sp³-hybridized carbons (Fsp3) is 0.588. The average Bonchev–Trinajstić information content (AvgIpc) is 2.72. The highest BCUT2D eigenvalue weighted by atomic mass is 16.2. The first-order valence-electron chi connectivity index (χ1n) is 7.72. The average molecular weight is 274 g/mol. The summed E-state index contributed by atoms with van der Waals surface area (Å²) in [7, 11) is 0. The van der Waals surface area contributed by atoms with Gasteiger partial charge < -0.3 is 4.90 Å². The molecule has 2 unspecified atom stereocenters. The van der Waals surface area contributed by atoms with Crippen LogP contribution in [-0.4, -0.2) is 23.4 Å². The molecule has 0 radical (unpaired) electrons. The number of amides is 1. The predicted molar refractivity (Wildman–Crippen MR) is 82.5 cm³/mol. The molecular formula is C17H26N2O. The number of hydrogen-bond acceptors (Lipinski definition) is 2. The Bertz CT molecular complexity index is 484. The van der Waals surface area contributed by atoms with Crippen LogP contribution in [0, 0.1) is 13.8 Å². The van der Waals surface area contributed by atoms with Gasteiger partial charge in [-0.05, 0) is 38.3 Å². The van der Waals surface area contributed by atoms with Crippen molar-refractivity contribution < 1.29 is 4.79 Å². The largest absolute Gasteiger partial charge is 0.322 e. The van der Waals surface area contributed by atoms with Crippen molar-refractivity contribution in [1.29, 1.82) is 0 Å². The summed E-state index contributed by atoms with van der Waals surface area (Å²) in [4.78, 5) is 14.4. The lowest BCUT2D eigenvalue weighted by Gasteiger charge is -2.24. The summed E-state index contributed by atoms with van der Waals surface area (Å²) >= 11 is 0. The molecule has 110 valence electrons. The Labute approximate surface area is 122 Å². The van der Waals surface area contributed by atoms with Gasteiger partial charge in [-0.3, -0.25) is 10.1 Å². The summed E-state index contributed by atoms with van der Waals surface area (Å²) in [5, 5.41) is 3.53. The zero-order valence-corrected chi connectivity index (χ0v) is 13.1. The summed E-state index contributed by atoms with van der Waals surface area (Å²) in [6.45, 7) is 9.21. The minimum atomic E-state index is -0.0133. The second kappa shape index (κ2) is 6.40. The molecule has 2 atom stereocenters. The number of hydrogen-bond donors (Lipinski definition) is 1. The van der Waals surface area contributed by atoms with Crippen molar-refractivity contribution >= 4 is 5.91 Å². The maximum atomic E-state index is 12.5. The van der Waals surface area contributed by atoms with E-state index in [0.717, 1.165) is 25.8 Å². The van der Waals surface area contributed by atoms with Gasteiger partial charge in [0.1, 0.15) is 6.17 Å². The van der Waals surface area contributed by atoms with Crippen molar-refractivity contribution in [2.75, 3.05) is 6.54 Å². The monoisotopic (exact) mass is 274 g/mol. The number of carbonyl (C=O) groups is 1. The number of benzene rings is 1. The van der Waals surface area contributed by atoms with Crippen LogP contribution in [0.4, 0.5) is 0 Å². The van der Waals surface area contributed by atoms with E-state index in [1.54, 1.807) is 0 Å². The summed E-state index contributed by atoms with van der Waals surface area (Å²) in [5.74, 6) is 0.255. The molecule has 1 aromatic carbocycles. The molecule has 3 nitrogen and oxygen atoms in total. The van der Waals surface area contributed by atoms with Crippen molar-refractivity contribution in [3.05, 3.63) is 34.9 Å². The minimum absolute atomic E-state index is 0.0133. The van der Waals surface area contributed by atoms with Crippen molar-refractivity contribution in [3.8, 4) is 0 Å². The fourth-order valence-corrected chi connectivity index (χ4v) is 3.02. The van der Waals surface area contributed by atoms with E-state index in [1.165, 1.54) is 16.7 Å². The highest BCUT2D eigenvalue weighted by molar-refractivity contribution is 5.84. The van der Waals surface area contributed by atoms with E-state index in [9.17, 15) is 4.79 Å². The number of carbonyl (C=O) groups excluding carboxylic acids is 1. The van der Waals surface area contributed by atoms with Crippen LogP contribution >= 0.6 is 0 Å². The number of rotatable bonds is 5. The molecule has 2 rings (SSSR count). The van der Waals surface area contributed by atoms with E-state index < -0.39 is 0 Å². The molecule has 1 N–H and O–H groups in total. The van der Waals surface area contributed by atoms with E-state index in [1.807, 2.05) is 4.90 Å². The van der Waals surface area contributed by atoms with Gasteiger partial charge in [-0.1, -0.05) is 43.5 Å². The van der Waals surface area contributed by atoms with E-state index in [0.29, 0.717) is 0 Å². The molecule has 0 spiro atoms. The molecular weight excluding hydrogens is 248 g/mol. The Hall–Kier alpha value is -1.35. The third-order valence-electron chi connectivity index (χ3n) is 4.16.